The molecular weight excluding hydrogens is 353 g/mol. The van der Waals surface area contributed by atoms with Crippen LogP contribution in [0.25, 0.3) is 0 Å². The van der Waals surface area contributed by atoms with Crippen LogP contribution in [0.3, 0.4) is 0 Å². The van der Waals surface area contributed by atoms with Crippen LogP contribution in [0.15, 0.2) is 47.4 Å². The van der Waals surface area contributed by atoms with Crippen molar-refractivity contribution in [1.29, 1.82) is 0 Å². The zero-order chi connectivity index (χ0) is 17.1. The van der Waals surface area contributed by atoms with Gasteiger partial charge in [0.05, 0.1) is 16.5 Å². The van der Waals surface area contributed by atoms with Crippen LogP contribution in [-0.2, 0) is 20.9 Å². The summed E-state index contributed by atoms with van der Waals surface area (Å²) in [7, 11) is 0. The van der Waals surface area contributed by atoms with Crippen LogP contribution < -0.4 is 4.90 Å². The zero-order valence-electron chi connectivity index (χ0n) is 12.5. The summed E-state index contributed by atoms with van der Waals surface area (Å²) in [6.45, 7) is -0.495. The van der Waals surface area contributed by atoms with Gasteiger partial charge in [-0.15, -0.1) is 11.8 Å². The fourth-order valence-electron chi connectivity index (χ4n) is 2.32. The second kappa shape index (κ2) is 7.23. The molecule has 1 aliphatic heterocycles. The number of anilines is 1. The summed E-state index contributed by atoms with van der Waals surface area (Å²) in [5.74, 6) is -1.06. The van der Waals surface area contributed by atoms with Gasteiger partial charge in [0.15, 0.2) is 0 Å². The molecule has 2 aromatic carbocycles. The molecule has 24 heavy (non-hydrogen) atoms. The summed E-state index contributed by atoms with van der Waals surface area (Å²) >= 11 is 7.33. The summed E-state index contributed by atoms with van der Waals surface area (Å²) in [5, 5.41) is 0.193. The SMILES string of the molecule is O=C(CN1C(=O)CSc2ccccc21)OCc1c(F)cccc1Cl. The maximum absolute atomic E-state index is 13.7. The number of nitrogens with zero attached hydrogens (tertiary/aromatic N) is 1. The standard InChI is InChI=1S/C17H13ClFNO3S/c18-12-4-3-5-13(19)11(12)9-23-17(22)8-20-14-6-1-2-7-15(14)24-10-16(20)21/h1-7H,8-10H2. The van der Waals surface area contributed by atoms with E-state index >= 15 is 0 Å². The van der Waals surface area contributed by atoms with Crippen molar-refractivity contribution >= 4 is 40.9 Å². The highest BCUT2D eigenvalue weighted by atomic mass is 35.5. The number of halogens is 2. The third-order valence-electron chi connectivity index (χ3n) is 3.53. The van der Waals surface area contributed by atoms with Gasteiger partial charge in [-0.2, -0.15) is 0 Å². The van der Waals surface area contributed by atoms with E-state index < -0.39 is 11.8 Å². The second-order valence-corrected chi connectivity index (χ2v) is 6.52. The van der Waals surface area contributed by atoms with Gasteiger partial charge in [-0.1, -0.05) is 29.8 Å². The molecule has 0 saturated carbocycles. The van der Waals surface area contributed by atoms with E-state index in [0.717, 1.165) is 4.90 Å². The minimum Gasteiger partial charge on any atom is -0.459 e. The van der Waals surface area contributed by atoms with Crippen molar-refractivity contribution in [3.63, 3.8) is 0 Å². The summed E-state index contributed by atoms with van der Waals surface area (Å²) < 4.78 is 18.8. The number of hydrogen-bond acceptors (Lipinski definition) is 4. The lowest BCUT2D eigenvalue weighted by Gasteiger charge is -2.27. The number of ether oxygens (including phenoxy) is 1. The summed E-state index contributed by atoms with van der Waals surface area (Å²) in [5.41, 5.74) is 0.799. The Morgan fingerprint density at radius 2 is 2.04 bits per heavy atom. The van der Waals surface area contributed by atoms with E-state index in [1.165, 1.54) is 34.9 Å². The first-order valence-corrected chi connectivity index (χ1v) is 8.53. The number of hydrogen-bond donors (Lipinski definition) is 0. The fraction of sp³-hybridized carbons (Fsp3) is 0.176. The fourth-order valence-corrected chi connectivity index (χ4v) is 3.48. The Hall–Kier alpha value is -2.05. The van der Waals surface area contributed by atoms with Crippen molar-refractivity contribution < 1.29 is 18.7 Å². The number of rotatable bonds is 4. The van der Waals surface area contributed by atoms with Gasteiger partial charge in [0.1, 0.15) is 19.0 Å². The number of benzene rings is 2. The molecule has 2 aromatic rings. The van der Waals surface area contributed by atoms with Gasteiger partial charge in [0.2, 0.25) is 5.91 Å². The average Bonchev–Trinajstić information content (AvgIpc) is 2.57. The molecule has 7 heteroatoms. The maximum Gasteiger partial charge on any atom is 0.326 e. The number of carbonyl (C=O) groups excluding carboxylic acids is 2. The lowest BCUT2D eigenvalue weighted by molar-refractivity contribution is -0.144. The van der Waals surface area contributed by atoms with Gasteiger partial charge in [-0.3, -0.25) is 14.5 Å². The number of amides is 1. The molecular formula is C17H13ClFNO3S. The molecule has 0 N–H and O–H groups in total. The van der Waals surface area contributed by atoms with Gasteiger partial charge < -0.3 is 4.74 Å². The molecule has 0 spiro atoms. The van der Waals surface area contributed by atoms with E-state index in [1.807, 2.05) is 12.1 Å². The number of carbonyl (C=O) groups is 2. The molecule has 0 aromatic heterocycles. The Labute approximate surface area is 147 Å². The van der Waals surface area contributed by atoms with E-state index in [4.69, 9.17) is 16.3 Å². The normalized spacial score (nSPS) is 13.6. The molecule has 0 bridgehead atoms. The van der Waals surface area contributed by atoms with Crippen molar-refractivity contribution in [2.24, 2.45) is 0 Å². The summed E-state index contributed by atoms with van der Waals surface area (Å²) in [6, 6.07) is 11.6. The summed E-state index contributed by atoms with van der Waals surface area (Å²) in [4.78, 5) is 26.5. The molecule has 1 heterocycles. The average molecular weight is 366 g/mol. The van der Waals surface area contributed by atoms with Gasteiger partial charge in [-0.05, 0) is 24.3 Å². The van der Waals surface area contributed by atoms with Crippen molar-refractivity contribution in [2.75, 3.05) is 17.2 Å². The van der Waals surface area contributed by atoms with Crippen LogP contribution in [-0.4, -0.2) is 24.2 Å². The molecule has 0 radical (unpaired) electrons. The third kappa shape index (κ3) is 3.55. The lowest BCUT2D eigenvalue weighted by Crippen LogP contribution is -2.39. The van der Waals surface area contributed by atoms with Gasteiger partial charge in [0, 0.05) is 10.5 Å². The maximum atomic E-state index is 13.7. The molecule has 1 amide bonds. The molecule has 0 unspecified atom stereocenters. The molecule has 0 aliphatic carbocycles. The first-order valence-electron chi connectivity index (χ1n) is 7.17. The Kier molecular flexibility index (Phi) is 5.06. The minimum absolute atomic E-state index is 0.119. The Morgan fingerprint density at radius 3 is 2.83 bits per heavy atom. The quantitative estimate of drug-likeness (QED) is 0.776. The van der Waals surface area contributed by atoms with Crippen molar-refractivity contribution in [3.05, 3.63) is 58.9 Å². The molecule has 1 aliphatic rings. The molecule has 0 saturated heterocycles. The Balaban J connectivity index is 1.68. The molecule has 3 rings (SSSR count). The number of thioether (sulfide) groups is 1. The van der Waals surface area contributed by atoms with E-state index in [0.29, 0.717) is 5.69 Å². The smallest absolute Gasteiger partial charge is 0.326 e. The van der Waals surface area contributed by atoms with Gasteiger partial charge in [-0.25, -0.2) is 4.39 Å². The van der Waals surface area contributed by atoms with Gasteiger partial charge >= 0.3 is 5.97 Å². The topological polar surface area (TPSA) is 46.6 Å². The van der Waals surface area contributed by atoms with Crippen molar-refractivity contribution in [2.45, 2.75) is 11.5 Å². The number of esters is 1. The van der Waals surface area contributed by atoms with Crippen LogP contribution in [0.4, 0.5) is 10.1 Å². The molecule has 0 atom stereocenters. The van der Waals surface area contributed by atoms with Crippen LogP contribution in [0, 0.1) is 5.82 Å². The monoisotopic (exact) mass is 365 g/mol. The van der Waals surface area contributed by atoms with Crippen LogP contribution >= 0.6 is 23.4 Å². The Bertz CT molecular complexity index is 779. The van der Waals surface area contributed by atoms with E-state index in [1.54, 1.807) is 12.1 Å². The highest BCUT2D eigenvalue weighted by molar-refractivity contribution is 8.00. The van der Waals surface area contributed by atoms with E-state index in [-0.39, 0.29) is 35.4 Å². The second-order valence-electron chi connectivity index (χ2n) is 5.10. The van der Waals surface area contributed by atoms with Crippen molar-refractivity contribution in [1.82, 2.24) is 0 Å². The number of fused-ring (bicyclic) bond motifs is 1. The van der Waals surface area contributed by atoms with Gasteiger partial charge in [0.25, 0.3) is 0 Å². The first-order chi connectivity index (χ1) is 11.6. The predicted molar refractivity (Wildman–Crippen MR) is 90.7 cm³/mol. The van der Waals surface area contributed by atoms with Crippen LogP contribution in [0.5, 0.6) is 0 Å². The predicted octanol–water partition coefficient (Wildman–Crippen LogP) is 3.66. The molecule has 0 fully saturated rings. The number of para-hydroxylation sites is 1. The molecule has 4 nitrogen and oxygen atoms in total. The highest BCUT2D eigenvalue weighted by Crippen LogP contribution is 2.34. The zero-order valence-corrected chi connectivity index (χ0v) is 14.1. The third-order valence-corrected chi connectivity index (χ3v) is 4.94. The van der Waals surface area contributed by atoms with Crippen LogP contribution in [0.2, 0.25) is 5.02 Å². The molecule has 124 valence electrons. The lowest BCUT2D eigenvalue weighted by atomic mass is 10.2. The van der Waals surface area contributed by atoms with E-state index in [2.05, 4.69) is 0 Å². The minimum atomic E-state index is -0.621. The van der Waals surface area contributed by atoms with Crippen LogP contribution in [0.1, 0.15) is 5.56 Å². The largest absolute Gasteiger partial charge is 0.459 e. The first kappa shape index (κ1) is 16.8. The summed E-state index contributed by atoms with van der Waals surface area (Å²) in [6.07, 6.45) is 0. The van der Waals surface area contributed by atoms with E-state index in [9.17, 15) is 14.0 Å². The Morgan fingerprint density at radius 1 is 1.25 bits per heavy atom. The van der Waals surface area contributed by atoms with Crippen molar-refractivity contribution in [3.8, 4) is 0 Å². The highest BCUT2D eigenvalue weighted by Gasteiger charge is 2.26.